The number of ether oxygens (including phenoxy) is 1. The van der Waals surface area contributed by atoms with Crippen LogP contribution in [0.1, 0.15) is 27.2 Å². The van der Waals surface area contributed by atoms with E-state index in [0.717, 1.165) is 19.5 Å². The topological polar surface area (TPSA) is 36.3 Å². The van der Waals surface area contributed by atoms with E-state index >= 15 is 0 Å². The summed E-state index contributed by atoms with van der Waals surface area (Å²) < 4.78 is 5.71. The highest BCUT2D eigenvalue weighted by molar-refractivity contribution is 4.91. The molecule has 1 rings (SSSR count). The SMILES string of the molecule is CCC1CN(C(C)C#N)CC(C)O1. The monoisotopic (exact) mass is 182 g/mol. The predicted molar refractivity (Wildman–Crippen MR) is 51.3 cm³/mol. The van der Waals surface area contributed by atoms with Gasteiger partial charge in [0.15, 0.2) is 0 Å². The van der Waals surface area contributed by atoms with Crippen LogP contribution in [0.3, 0.4) is 0 Å². The minimum Gasteiger partial charge on any atom is -0.373 e. The first kappa shape index (κ1) is 10.5. The summed E-state index contributed by atoms with van der Waals surface area (Å²) in [5.74, 6) is 0. The van der Waals surface area contributed by atoms with Crippen LogP contribution in [0.25, 0.3) is 0 Å². The fraction of sp³-hybridized carbons (Fsp3) is 0.900. The van der Waals surface area contributed by atoms with Gasteiger partial charge in [-0.1, -0.05) is 6.92 Å². The number of morpholine rings is 1. The molecule has 1 aliphatic heterocycles. The van der Waals surface area contributed by atoms with Gasteiger partial charge in [-0.25, -0.2) is 0 Å². The van der Waals surface area contributed by atoms with E-state index < -0.39 is 0 Å². The molecule has 0 N–H and O–H groups in total. The van der Waals surface area contributed by atoms with Gasteiger partial charge in [0.1, 0.15) is 0 Å². The second-order valence-corrected chi connectivity index (χ2v) is 3.74. The lowest BCUT2D eigenvalue weighted by Gasteiger charge is -2.37. The van der Waals surface area contributed by atoms with E-state index in [1.165, 1.54) is 0 Å². The van der Waals surface area contributed by atoms with Crippen LogP contribution < -0.4 is 0 Å². The van der Waals surface area contributed by atoms with Crippen LogP contribution in [0.15, 0.2) is 0 Å². The molecule has 1 saturated heterocycles. The van der Waals surface area contributed by atoms with Crippen molar-refractivity contribution < 1.29 is 4.74 Å². The minimum absolute atomic E-state index is 0.0143. The molecule has 0 radical (unpaired) electrons. The molecule has 1 aliphatic rings. The molecule has 0 aromatic carbocycles. The molecule has 3 unspecified atom stereocenters. The first-order valence-electron chi connectivity index (χ1n) is 4.96. The number of nitriles is 1. The number of nitrogens with zero attached hydrogens (tertiary/aromatic N) is 2. The zero-order valence-corrected chi connectivity index (χ0v) is 8.66. The second kappa shape index (κ2) is 4.59. The molecule has 0 bridgehead atoms. The summed E-state index contributed by atoms with van der Waals surface area (Å²) in [4.78, 5) is 2.20. The molecule has 74 valence electrons. The molecular weight excluding hydrogens is 164 g/mol. The lowest BCUT2D eigenvalue weighted by atomic mass is 10.1. The van der Waals surface area contributed by atoms with Crippen LogP contribution in [0.5, 0.6) is 0 Å². The van der Waals surface area contributed by atoms with Crippen molar-refractivity contribution in [1.29, 1.82) is 5.26 Å². The van der Waals surface area contributed by atoms with Gasteiger partial charge >= 0.3 is 0 Å². The van der Waals surface area contributed by atoms with Crippen molar-refractivity contribution in [3.05, 3.63) is 0 Å². The average Bonchev–Trinajstić information content (AvgIpc) is 2.15. The van der Waals surface area contributed by atoms with E-state index in [0.29, 0.717) is 6.10 Å². The Balaban J connectivity index is 2.52. The first-order valence-corrected chi connectivity index (χ1v) is 4.96. The lowest BCUT2D eigenvalue weighted by Crippen LogP contribution is -2.49. The van der Waals surface area contributed by atoms with Gasteiger partial charge in [0, 0.05) is 13.1 Å². The van der Waals surface area contributed by atoms with Crippen LogP contribution in [0.4, 0.5) is 0 Å². The van der Waals surface area contributed by atoms with E-state index in [1.54, 1.807) is 0 Å². The molecule has 1 fully saturated rings. The third-order valence-corrected chi connectivity index (χ3v) is 2.54. The van der Waals surface area contributed by atoms with Crippen molar-refractivity contribution in [2.24, 2.45) is 0 Å². The molecule has 13 heavy (non-hydrogen) atoms. The summed E-state index contributed by atoms with van der Waals surface area (Å²) in [5, 5.41) is 8.80. The Hall–Kier alpha value is -0.590. The zero-order chi connectivity index (χ0) is 9.84. The van der Waals surface area contributed by atoms with Gasteiger partial charge < -0.3 is 4.74 Å². The fourth-order valence-corrected chi connectivity index (χ4v) is 1.70. The van der Waals surface area contributed by atoms with Crippen LogP contribution >= 0.6 is 0 Å². The highest BCUT2D eigenvalue weighted by Gasteiger charge is 2.26. The Kier molecular flexibility index (Phi) is 3.71. The molecule has 0 spiro atoms. The molecule has 3 atom stereocenters. The van der Waals surface area contributed by atoms with Crippen molar-refractivity contribution in [2.75, 3.05) is 13.1 Å². The molecule has 0 aliphatic carbocycles. The molecule has 3 nitrogen and oxygen atoms in total. The van der Waals surface area contributed by atoms with Gasteiger partial charge in [0.25, 0.3) is 0 Å². The lowest BCUT2D eigenvalue weighted by molar-refractivity contribution is -0.0823. The van der Waals surface area contributed by atoms with E-state index in [-0.39, 0.29) is 12.1 Å². The zero-order valence-electron chi connectivity index (χ0n) is 8.66. The van der Waals surface area contributed by atoms with Gasteiger partial charge in [-0.3, -0.25) is 4.90 Å². The minimum atomic E-state index is 0.0143. The molecule has 3 heteroatoms. The number of hydrogen-bond donors (Lipinski definition) is 0. The van der Waals surface area contributed by atoms with Gasteiger partial charge in [0.2, 0.25) is 0 Å². The standard InChI is InChI=1S/C10H18N2O/c1-4-10-7-12(8(2)5-11)6-9(3)13-10/h8-10H,4,6-7H2,1-3H3. The quantitative estimate of drug-likeness (QED) is 0.647. The second-order valence-electron chi connectivity index (χ2n) is 3.74. The van der Waals surface area contributed by atoms with Crippen molar-refractivity contribution in [2.45, 2.75) is 45.4 Å². The Labute approximate surface area is 80.3 Å². The summed E-state index contributed by atoms with van der Waals surface area (Å²) in [6, 6.07) is 2.28. The Morgan fingerprint density at radius 3 is 2.85 bits per heavy atom. The highest BCUT2D eigenvalue weighted by Crippen LogP contribution is 2.15. The average molecular weight is 182 g/mol. The van der Waals surface area contributed by atoms with Crippen molar-refractivity contribution in [1.82, 2.24) is 4.90 Å². The third-order valence-electron chi connectivity index (χ3n) is 2.54. The normalized spacial score (nSPS) is 32.5. The molecule has 0 saturated carbocycles. The summed E-state index contributed by atoms with van der Waals surface area (Å²) in [7, 11) is 0. The summed E-state index contributed by atoms with van der Waals surface area (Å²) in [6.07, 6.45) is 1.59. The summed E-state index contributed by atoms with van der Waals surface area (Å²) >= 11 is 0. The third kappa shape index (κ3) is 2.68. The Morgan fingerprint density at radius 1 is 1.62 bits per heavy atom. The highest BCUT2D eigenvalue weighted by atomic mass is 16.5. The maximum atomic E-state index is 8.80. The molecule has 0 amide bonds. The molecule has 0 aromatic heterocycles. The van der Waals surface area contributed by atoms with Crippen molar-refractivity contribution >= 4 is 0 Å². The van der Waals surface area contributed by atoms with E-state index in [9.17, 15) is 0 Å². The summed E-state index contributed by atoms with van der Waals surface area (Å²) in [6.45, 7) is 7.92. The maximum absolute atomic E-state index is 8.80. The maximum Gasteiger partial charge on any atom is 0.0951 e. The summed E-state index contributed by atoms with van der Waals surface area (Å²) in [5.41, 5.74) is 0. The first-order chi connectivity index (χ1) is 6.17. The van der Waals surface area contributed by atoms with E-state index in [2.05, 4.69) is 24.8 Å². The van der Waals surface area contributed by atoms with E-state index in [4.69, 9.17) is 10.00 Å². The number of rotatable bonds is 2. The largest absolute Gasteiger partial charge is 0.373 e. The van der Waals surface area contributed by atoms with Crippen LogP contribution in [-0.4, -0.2) is 36.2 Å². The molecule has 0 aromatic rings. The van der Waals surface area contributed by atoms with Crippen molar-refractivity contribution in [3.63, 3.8) is 0 Å². The van der Waals surface area contributed by atoms with E-state index in [1.807, 2.05) is 6.92 Å². The van der Waals surface area contributed by atoms with Crippen LogP contribution in [0, 0.1) is 11.3 Å². The Bertz CT molecular complexity index is 200. The predicted octanol–water partition coefficient (Wildman–Crippen LogP) is 1.40. The fourth-order valence-electron chi connectivity index (χ4n) is 1.70. The van der Waals surface area contributed by atoms with Crippen LogP contribution in [0.2, 0.25) is 0 Å². The van der Waals surface area contributed by atoms with Gasteiger partial charge in [-0.15, -0.1) is 0 Å². The number of hydrogen-bond acceptors (Lipinski definition) is 3. The van der Waals surface area contributed by atoms with Gasteiger partial charge in [-0.2, -0.15) is 5.26 Å². The van der Waals surface area contributed by atoms with Crippen LogP contribution in [-0.2, 0) is 4.74 Å². The van der Waals surface area contributed by atoms with Crippen molar-refractivity contribution in [3.8, 4) is 6.07 Å². The smallest absolute Gasteiger partial charge is 0.0951 e. The van der Waals surface area contributed by atoms with Gasteiger partial charge in [-0.05, 0) is 20.3 Å². The Morgan fingerprint density at radius 2 is 2.31 bits per heavy atom. The van der Waals surface area contributed by atoms with Gasteiger partial charge in [0.05, 0.1) is 24.3 Å². The molecule has 1 heterocycles. The molecular formula is C10H18N2O.